The lowest BCUT2D eigenvalue weighted by Crippen LogP contribution is -2.09. The minimum atomic E-state index is 0.243. The Labute approximate surface area is 155 Å². The number of hydrogen-bond donors (Lipinski definition) is 0. The molecule has 0 fully saturated rings. The molecule has 0 bridgehead atoms. The molecule has 0 N–H and O–H groups in total. The van der Waals surface area contributed by atoms with E-state index in [9.17, 15) is 4.79 Å². The number of ether oxygens (including phenoxy) is 2. The molecule has 24 heavy (non-hydrogen) atoms. The number of aldehydes is 1. The first-order chi connectivity index (χ1) is 11.5. The maximum atomic E-state index is 11.4. The standard InChI is InChI=1S/C17H20BrClN2O3/c1-4-5-6-16-20-17(19)13(10-22)21(16)9-11-7-14(23-2)15(24-3)8-12(11)18/h7-8,10H,4-6,9H2,1-3H3. The van der Waals surface area contributed by atoms with Gasteiger partial charge in [-0.25, -0.2) is 4.98 Å². The Balaban J connectivity index is 2.45. The van der Waals surface area contributed by atoms with Crippen LogP contribution >= 0.6 is 27.5 Å². The maximum Gasteiger partial charge on any atom is 0.169 e. The van der Waals surface area contributed by atoms with Crippen molar-refractivity contribution in [1.29, 1.82) is 0 Å². The van der Waals surface area contributed by atoms with Gasteiger partial charge < -0.3 is 14.0 Å². The van der Waals surface area contributed by atoms with Crippen molar-refractivity contribution in [3.05, 3.63) is 38.8 Å². The van der Waals surface area contributed by atoms with E-state index in [4.69, 9.17) is 21.1 Å². The molecule has 5 nitrogen and oxygen atoms in total. The van der Waals surface area contributed by atoms with Gasteiger partial charge in [0.25, 0.3) is 0 Å². The van der Waals surface area contributed by atoms with E-state index in [1.807, 2.05) is 16.7 Å². The normalized spacial score (nSPS) is 10.7. The molecule has 1 aromatic carbocycles. The van der Waals surface area contributed by atoms with Crippen molar-refractivity contribution in [1.82, 2.24) is 9.55 Å². The summed E-state index contributed by atoms with van der Waals surface area (Å²) in [6.45, 7) is 2.58. The monoisotopic (exact) mass is 414 g/mol. The van der Waals surface area contributed by atoms with E-state index < -0.39 is 0 Å². The van der Waals surface area contributed by atoms with E-state index in [-0.39, 0.29) is 5.15 Å². The Hall–Kier alpha value is -1.53. The highest BCUT2D eigenvalue weighted by atomic mass is 79.9. The zero-order chi connectivity index (χ0) is 17.7. The van der Waals surface area contributed by atoms with E-state index in [1.165, 1.54) is 0 Å². The Morgan fingerprint density at radius 3 is 2.54 bits per heavy atom. The van der Waals surface area contributed by atoms with Gasteiger partial charge in [-0.15, -0.1) is 0 Å². The molecule has 0 aliphatic heterocycles. The molecule has 0 aliphatic rings. The molecular weight excluding hydrogens is 396 g/mol. The van der Waals surface area contributed by atoms with Crippen LogP contribution in [0.1, 0.15) is 41.6 Å². The van der Waals surface area contributed by atoms with Crippen molar-refractivity contribution in [2.24, 2.45) is 0 Å². The summed E-state index contributed by atoms with van der Waals surface area (Å²) in [6.07, 6.45) is 3.55. The van der Waals surface area contributed by atoms with Crippen LogP contribution in [-0.2, 0) is 13.0 Å². The molecule has 0 unspecified atom stereocenters. The second kappa shape index (κ2) is 8.53. The molecule has 7 heteroatoms. The Bertz CT molecular complexity index is 731. The highest BCUT2D eigenvalue weighted by Gasteiger charge is 2.17. The zero-order valence-electron chi connectivity index (χ0n) is 13.9. The lowest BCUT2D eigenvalue weighted by Gasteiger charge is -2.14. The molecule has 1 heterocycles. The SMILES string of the molecule is CCCCc1nc(Cl)c(C=O)n1Cc1cc(OC)c(OC)cc1Br. The van der Waals surface area contributed by atoms with Gasteiger partial charge in [0.15, 0.2) is 22.9 Å². The van der Waals surface area contributed by atoms with E-state index in [1.54, 1.807) is 14.2 Å². The first-order valence-corrected chi connectivity index (χ1v) is 8.83. The number of unbranched alkanes of at least 4 members (excludes halogenated alkanes) is 1. The summed E-state index contributed by atoms with van der Waals surface area (Å²) in [5.74, 6) is 2.08. The molecule has 0 radical (unpaired) electrons. The van der Waals surface area contributed by atoms with Crippen LogP contribution in [0.25, 0.3) is 0 Å². The fraction of sp³-hybridized carbons (Fsp3) is 0.412. The van der Waals surface area contributed by atoms with Crippen LogP contribution < -0.4 is 9.47 Å². The minimum Gasteiger partial charge on any atom is -0.493 e. The van der Waals surface area contributed by atoms with Crippen molar-refractivity contribution in [2.45, 2.75) is 32.7 Å². The molecular formula is C17H20BrClN2O3. The predicted octanol–water partition coefficient (Wildman–Crippen LogP) is 4.52. The van der Waals surface area contributed by atoms with Gasteiger partial charge in [-0.1, -0.05) is 40.9 Å². The number of methoxy groups -OCH3 is 2. The summed E-state index contributed by atoms with van der Waals surface area (Å²) < 4.78 is 13.4. The first-order valence-electron chi connectivity index (χ1n) is 7.66. The number of imidazole rings is 1. The summed E-state index contributed by atoms with van der Waals surface area (Å²) in [7, 11) is 3.18. The number of nitrogens with zero attached hydrogens (tertiary/aromatic N) is 2. The smallest absolute Gasteiger partial charge is 0.169 e. The van der Waals surface area contributed by atoms with Gasteiger partial charge in [0.05, 0.1) is 20.8 Å². The van der Waals surface area contributed by atoms with Gasteiger partial charge in [-0.3, -0.25) is 4.79 Å². The van der Waals surface area contributed by atoms with Crippen LogP contribution in [0, 0.1) is 0 Å². The molecule has 0 amide bonds. The van der Waals surface area contributed by atoms with Crippen LogP contribution in [0.4, 0.5) is 0 Å². The van der Waals surface area contributed by atoms with Crippen molar-refractivity contribution >= 4 is 33.8 Å². The molecule has 130 valence electrons. The lowest BCUT2D eigenvalue weighted by atomic mass is 10.2. The van der Waals surface area contributed by atoms with Crippen molar-refractivity contribution in [3.63, 3.8) is 0 Å². The van der Waals surface area contributed by atoms with E-state index >= 15 is 0 Å². The number of halogens is 2. The number of carbonyl (C=O) groups excluding carboxylic acids is 1. The molecule has 0 atom stereocenters. The van der Waals surface area contributed by atoms with Crippen LogP contribution in [-0.4, -0.2) is 30.1 Å². The largest absolute Gasteiger partial charge is 0.493 e. The average Bonchev–Trinajstić information content (AvgIpc) is 2.88. The van der Waals surface area contributed by atoms with E-state index in [0.717, 1.165) is 41.4 Å². The maximum absolute atomic E-state index is 11.4. The van der Waals surface area contributed by atoms with Gasteiger partial charge in [0.2, 0.25) is 0 Å². The fourth-order valence-electron chi connectivity index (χ4n) is 2.48. The number of aromatic nitrogens is 2. The summed E-state index contributed by atoms with van der Waals surface area (Å²) in [6, 6.07) is 3.73. The number of rotatable bonds is 8. The zero-order valence-corrected chi connectivity index (χ0v) is 16.3. The summed E-state index contributed by atoms with van der Waals surface area (Å²) in [4.78, 5) is 15.8. The Morgan fingerprint density at radius 2 is 1.96 bits per heavy atom. The highest BCUT2D eigenvalue weighted by molar-refractivity contribution is 9.10. The molecule has 0 spiro atoms. The summed E-state index contributed by atoms with van der Waals surface area (Å²) >= 11 is 9.67. The second-order valence-electron chi connectivity index (χ2n) is 5.31. The molecule has 0 aliphatic carbocycles. The topological polar surface area (TPSA) is 53.4 Å². The third-order valence-electron chi connectivity index (χ3n) is 3.79. The van der Waals surface area contributed by atoms with Crippen molar-refractivity contribution in [3.8, 4) is 11.5 Å². The van der Waals surface area contributed by atoms with Crippen LogP contribution in [0.15, 0.2) is 16.6 Å². The van der Waals surface area contributed by atoms with Gasteiger partial charge in [0.1, 0.15) is 11.5 Å². The van der Waals surface area contributed by atoms with Crippen molar-refractivity contribution < 1.29 is 14.3 Å². The minimum absolute atomic E-state index is 0.243. The molecule has 0 saturated heterocycles. The van der Waals surface area contributed by atoms with E-state index in [2.05, 4.69) is 27.8 Å². The van der Waals surface area contributed by atoms with Gasteiger partial charge in [0, 0.05) is 10.9 Å². The Morgan fingerprint density at radius 1 is 1.29 bits per heavy atom. The van der Waals surface area contributed by atoms with Gasteiger partial charge >= 0.3 is 0 Å². The number of aryl methyl sites for hydroxylation is 1. The van der Waals surface area contributed by atoms with Crippen molar-refractivity contribution in [2.75, 3.05) is 14.2 Å². The molecule has 2 aromatic rings. The summed E-state index contributed by atoms with van der Waals surface area (Å²) in [5.41, 5.74) is 1.34. The number of hydrogen-bond acceptors (Lipinski definition) is 4. The van der Waals surface area contributed by atoms with Crippen LogP contribution in [0.3, 0.4) is 0 Å². The predicted molar refractivity (Wildman–Crippen MR) is 97.6 cm³/mol. The second-order valence-corrected chi connectivity index (χ2v) is 6.52. The van der Waals surface area contributed by atoms with Gasteiger partial charge in [-0.2, -0.15) is 0 Å². The molecule has 2 rings (SSSR count). The molecule has 1 aromatic heterocycles. The molecule has 0 saturated carbocycles. The number of carbonyl (C=O) groups is 1. The lowest BCUT2D eigenvalue weighted by molar-refractivity contribution is 0.111. The van der Waals surface area contributed by atoms with Gasteiger partial charge in [-0.05, 0) is 24.1 Å². The quantitative estimate of drug-likeness (QED) is 0.595. The van der Waals surface area contributed by atoms with Crippen LogP contribution in [0.2, 0.25) is 5.15 Å². The fourth-order valence-corrected chi connectivity index (χ4v) is 3.18. The van der Waals surface area contributed by atoms with Crippen LogP contribution in [0.5, 0.6) is 11.5 Å². The summed E-state index contributed by atoms with van der Waals surface area (Å²) in [5, 5.41) is 0.243. The first kappa shape index (κ1) is 18.8. The highest BCUT2D eigenvalue weighted by Crippen LogP contribution is 2.34. The van der Waals surface area contributed by atoms with E-state index in [0.29, 0.717) is 23.7 Å². The number of benzene rings is 1. The average molecular weight is 416 g/mol. The third-order valence-corrected chi connectivity index (χ3v) is 4.80. The Kier molecular flexibility index (Phi) is 6.69. The third kappa shape index (κ3) is 3.92.